The van der Waals surface area contributed by atoms with Crippen LogP contribution in [0.1, 0.15) is 48.2 Å². The summed E-state index contributed by atoms with van der Waals surface area (Å²) in [7, 11) is 0. The zero-order valence-electron chi connectivity index (χ0n) is 17.6. The minimum absolute atomic E-state index is 0.0901. The third-order valence-corrected chi connectivity index (χ3v) is 5.81. The molecule has 1 aliphatic carbocycles. The summed E-state index contributed by atoms with van der Waals surface area (Å²) in [6.45, 7) is 2.16. The maximum atomic E-state index is 14.4. The van der Waals surface area contributed by atoms with Crippen molar-refractivity contribution in [2.45, 2.75) is 38.1 Å². The predicted octanol–water partition coefficient (Wildman–Crippen LogP) is 4.61. The quantitative estimate of drug-likeness (QED) is 0.552. The third kappa shape index (κ3) is 4.60. The number of aromatic nitrogens is 2. The van der Waals surface area contributed by atoms with E-state index in [-0.39, 0.29) is 34.7 Å². The Labute approximate surface area is 184 Å². The van der Waals surface area contributed by atoms with E-state index in [0.29, 0.717) is 11.6 Å². The number of hydrogen-bond donors (Lipinski definition) is 3. The summed E-state index contributed by atoms with van der Waals surface area (Å²) >= 11 is 0. The Morgan fingerprint density at radius 2 is 1.91 bits per heavy atom. The average molecular weight is 438 g/mol. The molecule has 3 unspecified atom stereocenters. The minimum Gasteiger partial charge on any atom is -0.508 e. The summed E-state index contributed by atoms with van der Waals surface area (Å²) in [4.78, 5) is 21.1. The molecular weight excluding hydrogens is 414 g/mol. The Bertz CT molecular complexity index is 1140. The van der Waals surface area contributed by atoms with Crippen LogP contribution in [-0.2, 0) is 0 Å². The molecule has 8 heteroatoms. The Morgan fingerprint density at radius 1 is 1.12 bits per heavy atom. The molecule has 1 aromatic carbocycles. The van der Waals surface area contributed by atoms with Crippen molar-refractivity contribution in [1.82, 2.24) is 9.97 Å². The lowest BCUT2D eigenvalue weighted by atomic mass is 9.76. The Kier molecular flexibility index (Phi) is 6.14. The summed E-state index contributed by atoms with van der Waals surface area (Å²) in [5.41, 5.74) is 7.01. The van der Waals surface area contributed by atoms with Crippen LogP contribution in [0.3, 0.4) is 0 Å². The van der Waals surface area contributed by atoms with Crippen molar-refractivity contribution in [2.75, 3.05) is 5.32 Å². The van der Waals surface area contributed by atoms with Gasteiger partial charge in [-0.15, -0.1) is 0 Å². The first kappa shape index (κ1) is 21.8. The first-order valence-corrected chi connectivity index (χ1v) is 10.5. The van der Waals surface area contributed by atoms with Crippen LogP contribution in [0.5, 0.6) is 5.75 Å². The number of phenols is 1. The summed E-state index contributed by atoms with van der Waals surface area (Å²) in [5, 5.41) is 12.5. The first-order chi connectivity index (χ1) is 15.3. The molecule has 0 bridgehead atoms. The second-order valence-corrected chi connectivity index (χ2v) is 8.38. The molecule has 4 rings (SSSR count). The van der Waals surface area contributed by atoms with Gasteiger partial charge in [0.1, 0.15) is 28.8 Å². The number of nitrogens with zero attached hydrogens (tertiary/aromatic N) is 2. The second-order valence-electron chi connectivity index (χ2n) is 8.38. The van der Waals surface area contributed by atoms with Crippen LogP contribution >= 0.6 is 0 Å². The molecule has 2 heterocycles. The van der Waals surface area contributed by atoms with E-state index in [1.165, 1.54) is 6.07 Å². The number of rotatable bonds is 4. The molecule has 6 nitrogen and oxygen atoms in total. The maximum Gasteiger partial charge on any atom is 0.274 e. The number of benzene rings is 1. The highest BCUT2D eigenvalue weighted by molar-refractivity contribution is 6.03. The van der Waals surface area contributed by atoms with Crippen LogP contribution in [0.4, 0.5) is 14.5 Å². The van der Waals surface area contributed by atoms with Crippen molar-refractivity contribution < 1.29 is 18.7 Å². The summed E-state index contributed by atoms with van der Waals surface area (Å²) < 4.78 is 28.6. The zero-order valence-corrected chi connectivity index (χ0v) is 17.6. The number of aromatic hydroxyl groups is 1. The van der Waals surface area contributed by atoms with Crippen LogP contribution in [0.15, 0.2) is 48.8 Å². The van der Waals surface area contributed by atoms with Gasteiger partial charge in [-0.2, -0.15) is 0 Å². The van der Waals surface area contributed by atoms with E-state index in [0.717, 1.165) is 49.1 Å². The van der Waals surface area contributed by atoms with Crippen LogP contribution in [0.2, 0.25) is 0 Å². The van der Waals surface area contributed by atoms with E-state index in [1.807, 2.05) is 6.07 Å². The number of anilines is 1. The SMILES string of the molecule is CC1CC(N)CC(c2ccncc2NC(=O)c2ccc(F)c(-c3cc(O)ccc3F)n2)C1. The molecule has 1 saturated carbocycles. The molecular formula is C24H24F2N4O2. The highest BCUT2D eigenvalue weighted by Gasteiger charge is 2.27. The normalized spacial score (nSPS) is 20.7. The second kappa shape index (κ2) is 9.00. The lowest BCUT2D eigenvalue weighted by Crippen LogP contribution is -2.31. The number of amides is 1. The molecule has 1 aliphatic rings. The molecule has 3 atom stereocenters. The van der Waals surface area contributed by atoms with Crippen molar-refractivity contribution >= 4 is 11.6 Å². The monoisotopic (exact) mass is 438 g/mol. The van der Waals surface area contributed by atoms with Crippen molar-refractivity contribution in [3.63, 3.8) is 0 Å². The maximum absolute atomic E-state index is 14.4. The van der Waals surface area contributed by atoms with Crippen molar-refractivity contribution in [1.29, 1.82) is 0 Å². The lowest BCUT2D eigenvalue weighted by molar-refractivity contribution is 0.102. The minimum atomic E-state index is -0.807. The summed E-state index contributed by atoms with van der Waals surface area (Å²) in [6, 6.07) is 7.46. The van der Waals surface area contributed by atoms with Gasteiger partial charge in [-0.3, -0.25) is 9.78 Å². The number of halogens is 2. The van der Waals surface area contributed by atoms with Gasteiger partial charge >= 0.3 is 0 Å². The Balaban J connectivity index is 1.63. The van der Waals surface area contributed by atoms with Crippen LogP contribution in [0, 0.1) is 17.6 Å². The van der Waals surface area contributed by atoms with E-state index in [2.05, 4.69) is 22.2 Å². The summed E-state index contributed by atoms with van der Waals surface area (Å²) in [6.07, 6.45) is 5.98. The summed E-state index contributed by atoms with van der Waals surface area (Å²) in [5.74, 6) is -1.72. The van der Waals surface area contributed by atoms with Gasteiger partial charge in [0, 0.05) is 17.8 Å². The zero-order chi connectivity index (χ0) is 22.8. The molecule has 0 saturated heterocycles. The first-order valence-electron chi connectivity index (χ1n) is 10.5. The van der Waals surface area contributed by atoms with Crippen LogP contribution in [0.25, 0.3) is 11.3 Å². The van der Waals surface area contributed by atoms with E-state index in [1.54, 1.807) is 12.4 Å². The number of nitrogens with one attached hydrogen (secondary N) is 1. The van der Waals surface area contributed by atoms with Gasteiger partial charge in [0.25, 0.3) is 5.91 Å². The average Bonchev–Trinajstić information content (AvgIpc) is 2.75. The van der Waals surface area contributed by atoms with E-state index >= 15 is 0 Å². The highest BCUT2D eigenvalue weighted by Crippen LogP contribution is 2.38. The standard InChI is InChI=1S/C24H24F2N4O2/c1-13-8-14(10-15(27)9-13)17-6-7-28-12-22(17)30-24(32)21-5-4-20(26)23(29-21)18-11-16(31)2-3-19(18)25/h2-7,11-15,31H,8-10,27H2,1H3,(H,30,32). The Morgan fingerprint density at radius 3 is 2.69 bits per heavy atom. The van der Waals surface area contributed by atoms with E-state index < -0.39 is 17.5 Å². The molecule has 0 aliphatic heterocycles. The molecule has 32 heavy (non-hydrogen) atoms. The molecule has 2 aromatic heterocycles. The number of carbonyl (C=O) groups is 1. The number of phenolic OH excluding ortho intramolecular Hbond substituents is 1. The van der Waals surface area contributed by atoms with E-state index in [9.17, 15) is 18.7 Å². The van der Waals surface area contributed by atoms with Crippen molar-refractivity contribution in [3.8, 4) is 17.0 Å². The molecule has 4 N–H and O–H groups in total. The van der Waals surface area contributed by atoms with Gasteiger partial charge < -0.3 is 16.2 Å². The van der Waals surface area contributed by atoms with Crippen molar-refractivity contribution in [2.24, 2.45) is 11.7 Å². The fourth-order valence-electron chi connectivity index (χ4n) is 4.41. The number of pyridine rings is 2. The van der Waals surface area contributed by atoms with Crippen LogP contribution in [-0.4, -0.2) is 27.0 Å². The van der Waals surface area contributed by atoms with Gasteiger partial charge in [-0.05, 0) is 73.1 Å². The Hall–Kier alpha value is -3.39. The molecule has 0 spiro atoms. The molecule has 166 valence electrons. The number of hydrogen-bond acceptors (Lipinski definition) is 5. The third-order valence-electron chi connectivity index (χ3n) is 5.81. The molecule has 0 radical (unpaired) electrons. The largest absolute Gasteiger partial charge is 0.508 e. The van der Waals surface area contributed by atoms with Gasteiger partial charge in [0.2, 0.25) is 0 Å². The number of carbonyl (C=O) groups excluding carboxylic acids is 1. The highest BCUT2D eigenvalue weighted by atomic mass is 19.1. The predicted molar refractivity (Wildman–Crippen MR) is 117 cm³/mol. The van der Waals surface area contributed by atoms with Gasteiger partial charge in [-0.25, -0.2) is 13.8 Å². The van der Waals surface area contributed by atoms with Crippen LogP contribution < -0.4 is 11.1 Å². The van der Waals surface area contributed by atoms with Gasteiger partial charge in [0.15, 0.2) is 0 Å². The van der Waals surface area contributed by atoms with Gasteiger partial charge in [0.05, 0.1) is 11.9 Å². The fourth-order valence-corrected chi connectivity index (χ4v) is 4.41. The molecule has 1 fully saturated rings. The van der Waals surface area contributed by atoms with E-state index in [4.69, 9.17) is 5.73 Å². The van der Waals surface area contributed by atoms with Crippen molar-refractivity contribution in [3.05, 3.63) is 71.7 Å². The molecule has 3 aromatic rings. The van der Waals surface area contributed by atoms with Gasteiger partial charge in [-0.1, -0.05) is 6.92 Å². The number of nitrogens with two attached hydrogens (primary N) is 1. The molecule has 1 amide bonds. The smallest absolute Gasteiger partial charge is 0.274 e. The topological polar surface area (TPSA) is 101 Å². The lowest BCUT2D eigenvalue weighted by Gasteiger charge is -2.32. The fraction of sp³-hybridized carbons (Fsp3) is 0.292.